The summed E-state index contributed by atoms with van der Waals surface area (Å²) in [5.41, 5.74) is -0.887. The minimum absolute atomic E-state index is 0.0776. The molecule has 0 aliphatic carbocycles. The van der Waals surface area contributed by atoms with E-state index in [2.05, 4.69) is 0 Å². The number of para-hydroxylation sites is 1. The van der Waals surface area contributed by atoms with E-state index in [1.54, 1.807) is 24.3 Å². The van der Waals surface area contributed by atoms with E-state index in [0.717, 1.165) is 12.1 Å². The molecule has 0 N–H and O–H groups in total. The topological polar surface area (TPSA) is 65.7 Å². The van der Waals surface area contributed by atoms with Gasteiger partial charge in [0.2, 0.25) is 6.10 Å². The van der Waals surface area contributed by atoms with Crippen LogP contribution in [0, 0.1) is 0 Å². The van der Waals surface area contributed by atoms with Crippen LogP contribution in [0.2, 0.25) is 0 Å². The summed E-state index contributed by atoms with van der Waals surface area (Å²) >= 11 is 0. The third-order valence-electron chi connectivity index (χ3n) is 4.69. The van der Waals surface area contributed by atoms with Crippen molar-refractivity contribution in [1.82, 2.24) is 0 Å². The SMILES string of the molecule is COC(=O)[C@@H]1Oc2c(c(=O)oc3ccccc23)[C@@H]1c1ccc(C(F)(F)F)cc1. The summed E-state index contributed by atoms with van der Waals surface area (Å²) in [7, 11) is 1.17. The molecule has 1 aliphatic heterocycles. The Morgan fingerprint density at radius 2 is 1.75 bits per heavy atom. The Hall–Kier alpha value is -3.29. The van der Waals surface area contributed by atoms with E-state index in [4.69, 9.17) is 13.9 Å². The first-order chi connectivity index (χ1) is 13.3. The normalized spacial score (nSPS) is 18.6. The van der Waals surface area contributed by atoms with Crippen LogP contribution in [0.3, 0.4) is 0 Å². The van der Waals surface area contributed by atoms with E-state index in [-0.39, 0.29) is 16.9 Å². The summed E-state index contributed by atoms with van der Waals surface area (Å²) in [5, 5.41) is 0.486. The third-order valence-corrected chi connectivity index (χ3v) is 4.69. The molecule has 1 aliphatic rings. The minimum Gasteiger partial charge on any atom is -0.476 e. The van der Waals surface area contributed by atoms with Crippen molar-refractivity contribution in [2.45, 2.75) is 18.2 Å². The second-order valence-corrected chi connectivity index (χ2v) is 6.29. The zero-order chi connectivity index (χ0) is 20.1. The molecular weight excluding hydrogens is 377 g/mol. The largest absolute Gasteiger partial charge is 0.476 e. The average Bonchev–Trinajstić information content (AvgIpc) is 3.08. The average molecular weight is 390 g/mol. The number of halogens is 3. The lowest BCUT2D eigenvalue weighted by atomic mass is 9.88. The van der Waals surface area contributed by atoms with Crippen LogP contribution in [0.4, 0.5) is 13.2 Å². The quantitative estimate of drug-likeness (QED) is 0.491. The number of rotatable bonds is 2. The van der Waals surface area contributed by atoms with Crippen LogP contribution >= 0.6 is 0 Å². The number of esters is 1. The Labute approximate surface area is 156 Å². The fraction of sp³-hybridized carbons (Fsp3) is 0.200. The van der Waals surface area contributed by atoms with Crippen molar-refractivity contribution in [1.29, 1.82) is 0 Å². The predicted octanol–water partition coefficient (Wildman–Crippen LogP) is 3.88. The van der Waals surface area contributed by atoms with Gasteiger partial charge in [0.1, 0.15) is 11.3 Å². The minimum atomic E-state index is -4.50. The highest BCUT2D eigenvalue weighted by Gasteiger charge is 2.45. The molecule has 8 heteroatoms. The number of carbonyl (C=O) groups excluding carboxylic acids is 1. The maximum atomic E-state index is 12.9. The zero-order valence-corrected chi connectivity index (χ0v) is 14.4. The number of fused-ring (bicyclic) bond motifs is 3. The number of ether oxygens (including phenoxy) is 2. The van der Waals surface area contributed by atoms with Crippen LogP contribution in [0.15, 0.2) is 57.7 Å². The van der Waals surface area contributed by atoms with Crippen molar-refractivity contribution in [3.05, 3.63) is 75.6 Å². The number of methoxy groups -OCH3 is 1. The molecule has 5 nitrogen and oxygen atoms in total. The molecule has 2 aromatic carbocycles. The lowest BCUT2D eigenvalue weighted by Crippen LogP contribution is -2.31. The number of alkyl halides is 3. The Bertz CT molecular complexity index is 1120. The second-order valence-electron chi connectivity index (χ2n) is 6.29. The molecule has 3 aromatic rings. The highest BCUT2D eigenvalue weighted by molar-refractivity contribution is 5.88. The molecule has 0 saturated heterocycles. The zero-order valence-electron chi connectivity index (χ0n) is 14.4. The van der Waals surface area contributed by atoms with Gasteiger partial charge in [0.25, 0.3) is 0 Å². The number of hydrogen-bond acceptors (Lipinski definition) is 5. The summed E-state index contributed by atoms with van der Waals surface area (Å²) in [6.07, 6.45) is -5.72. The molecule has 28 heavy (non-hydrogen) atoms. The van der Waals surface area contributed by atoms with Crippen molar-refractivity contribution in [2.24, 2.45) is 0 Å². The van der Waals surface area contributed by atoms with Gasteiger partial charge in [-0.25, -0.2) is 9.59 Å². The molecule has 144 valence electrons. The van der Waals surface area contributed by atoms with Gasteiger partial charge < -0.3 is 13.9 Å². The van der Waals surface area contributed by atoms with Crippen LogP contribution < -0.4 is 10.4 Å². The van der Waals surface area contributed by atoms with Gasteiger partial charge in [-0.3, -0.25) is 0 Å². The van der Waals surface area contributed by atoms with Gasteiger partial charge in [-0.05, 0) is 29.8 Å². The molecule has 1 aromatic heterocycles. The first-order valence-corrected chi connectivity index (χ1v) is 8.28. The van der Waals surface area contributed by atoms with Crippen LogP contribution in [-0.4, -0.2) is 19.2 Å². The molecule has 0 unspecified atom stereocenters. The van der Waals surface area contributed by atoms with Crippen LogP contribution in [0.25, 0.3) is 11.0 Å². The summed E-state index contributed by atoms with van der Waals surface area (Å²) in [6.45, 7) is 0. The van der Waals surface area contributed by atoms with Crippen molar-refractivity contribution in [3.63, 3.8) is 0 Å². The highest BCUT2D eigenvalue weighted by atomic mass is 19.4. The Kier molecular flexibility index (Phi) is 4.14. The second kappa shape index (κ2) is 6.40. The van der Waals surface area contributed by atoms with E-state index in [9.17, 15) is 22.8 Å². The molecule has 2 heterocycles. The van der Waals surface area contributed by atoms with Gasteiger partial charge in [-0.2, -0.15) is 13.2 Å². The molecule has 0 saturated carbocycles. The lowest BCUT2D eigenvalue weighted by molar-refractivity contribution is -0.148. The maximum absolute atomic E-state index is 12.9. The first-order valence-electron chi connectivity index (χ1n) is 8.28. The Morgan fingerprint density at radius 3 is 2.39 bits per heavy atom. The molecule has 0 bridgehead atoms. The first kappa shape index (κ1) is 18.1. The summed E-state index contributed by atoms with van der Waals surface area (Å²) in [6, 6.07) is 10.9. The molecule has 0 spiro atoms. The molecule has 4 rings (SSSR count). The molecule has 0 amide bonds. The van der Waals surface area contributed by atoms with E-state index >= 15 is 0 Å². The van der Waals surface area contributed by atoms with Crippen LogP contribution in [0.1, 0.15) is 22.6 Å². The highest BCUT2D eigenvalue weighted by Crippen LogP contribution is 2.45. The van der Waals surface area contributed by atoms with Crippen molar-refractivity contribution in [3.8, 4) is 5.75 Å². The molecule has 0 fully saturated rings. The molecule has 2 atom stereocenters. The summed E-state index contributed by atoms with van der Waals surface area (Å²) in [5.74, 6) is -1.53. The van der Waals surface area contributed by atoms with Crippen LogP contribution in [0.5, 0.6) is 5.75 Å². The predicted molar refractivity (Wildman–Crippen MR) is 92.2 cm³/mol. The van der Waals surface area contributed by atoms with Gasteiger partial charge in [0.05, 0.1) is 29.5 Å². The molecular formula is C20H13F3O5. The van der Waals surface area contributed by atoms with Gasteiger partial charge >= 0.3 is 17.8 Å². The van der Waals surface area contributed by atoms with E-state index in [0.29, 0.717) is 10.9 Å². The van der Waals surface area contributed by atoms with E-state index < -0.39 is 35.4 Å². The smallest absolute Gasteiger partial charge is 0.416 e. The van der Waals surface area contributed by atoms with E-state index in [1.807, 2.05) is 0 Å². The fourth-order valence-electron chi connectivity index (χ4n) is 3.40. The summed E-state index contributed by atoms with van der Waals surface area (Å²) in [4.78, 5) is 24.9. The van der Waals surface area contributed by atoms with Gasteiger partial charge in [0.15, 0.2) is 0 Å². The van der Waals surface area contributed by atoms with Gasteiger partial charge in [0, 0.05) is 0 Å². The Morgan fingerprint density at radius 1 is 1.07 bits per heavy atom. The fourth-order valence-corrected chi connectivity index (χ4v) is 3.40. The lowest BCUT2D eigenvalue weighted by Gasteiger charge is -2.17. The van der Waals surface area contributed by atoms with Crippen molar-refractivity contribution in [2.75, 3.05) is 7.11 Å². The molecule has 0 radical (unpaired) electrons. The van der Waals surface area contributed by atoms with Crippen molar-refractivity contribution >= 4 is 16.9 Å². The van der Waals surface area contributed by atoms with Crippen LogP contribution in [-0.2, 0) is 15.7 Å². The third kappa shape index (κ3) is 2.81. The number of benzene rings is 2. The van der Waals surface area contributed by atoms with E-state index in [1.165, 1.54) is 19.2 Å². The van der Waals surface area contributed by atoms with Crippen molar-refractivity contribution < 1.29 is 31.9 Å². The Balaban J connectivity index is 1.91. The number of hydrogen-bond donors (Lipinski definition) is 0. The van der Waals surface area contributed by atoms with Gasteiger partial charge in [-0.15, -0.1) is 0 Å². The maximum Gasteiger partial charge on any atom is 0.416 e. The van der Waals surface area contributed by atoms with Gasteiger partial charge in [-0.1, -0.05) is 24.3 Å². The standard InChI is InChI=1S/C20H13F3O5/c1-26-19(25)17-14(10-6-8-11(9-7-10)20(21,22)23)15-16(28-17)12-4-2-3-5-13(12)27-18(15)24/h2-9,14,17H,1H3/t14-,17+/m0/s1. The summed E-state index contributed by atoms with van der Waals surface area (Å²) < 4.78 is 54.5. The monoisotopic (exact) mass is 390 g/mol. The number of carbonyl (C=O) groups is 1.